The maximum atomic E-state index is 5.51. The molecule has 0 aliphatic rings. The lowest BCUT2D eigenvalue weighted by Crippen LogP contribution is -2.05. The first-order chi connectivity index (χ1) is 13.7. The highest BCUT2D eigenvalue weighted by molar-refractivity contribution is 14.1. The molecular weight excluding hydrogens is 465 g/mol. The maximum absolute atomic E-state index is 5.51. The van der Waals surface area contributed by atoms with Crippen molar-refractivity contribution in [2.45, 2.75) is 0 Å². The molecule has 0 saturated carbocycles. The van der Waals surface area contributed by atoms with Crippen LogP contribution in [0.5, 0.6) is 11.5 Å². The van der Waals surface area contributed by atoms with Crippen molar-refractivity contribution < 1.29 is 9.47 Å². The van der Waals surface area contributed by atoms with E-state index in [2.05, 4.69) is 34.7 Å². The summed E-state index contributed by atoms with van der Waals surface area (Å²) in [5.41, 5.74) is 4.60. The molecule has 4 aromatic rings. The number of hydrogen-bond donors (Lipinski definition) is 0. The summed E-state index contributed by atoms with van der Waals surface area (Å²) in [6.07, 6.45) is 0. The predicted octanol–water partition coefficient (Wildman–Crippen LogP) is 5.26. The Morgan fingerprint density at radius 2 is 1.36 bits per heavy atom. The number of ether oxygens (including phenoxy) is 2. The normalized spacial score (nSPS) is 12.0. The molecule has 140 valence electrons. The number of rotatable bonds is 5. The average Bonchev–Trinajstić information content (AvgIpc) is 3.17. The Kier molecular flexibility index (Phi) is 5.29. The topological polar surface area (TPSA) is 49.2 Å². The molecule has 0 atom stereocenters. The van der Waals surface area contributed by atoms with E-state index in [0.29, 0.717) is 11.5 Å². The molecule has 1 heterocycles. The molecule has 4 rings (SSSR count). The van der Waals surface area contributed by atoms with Gasteiger partial charge in [0.25, 0.3) is 0 Å². The molecule has 1 aromatic heterocycles. The SMILES string of the molecule is COc1ccc(/C(=C(\I)c2ccccc2)n2nc3ccccc3n2)cc1OC. The zero-order valence-electron chi connectivity index (χ0n) is 15.5. The van der Waals surface area contributed by atoms with E-state index in [0.717, 1.165) is 31.4 Å². The summed E-state index contributed by atoms with van der Waals surface area (Å²) >= 11 is 2.35. The Balaban J connectivity index is 1.97. The summed E-state index contributed by atoms with van der Waals surface area (Å²) in [7, 11) is 3.26. The fourth-order valence-corrected chi connectivity index (χ4v) is 3.88. The van der Waals surface area contributed by atoms with Gasteiger partial charge in [0.15, 0.2) is 11.5 Å². The van der Waals surface area contributed by atoms with Crippen molar-refractivity contribution in [3.63, 3.8) is 0 Å². The minimum absolute atomic E-state index is 0.659. The molecule has 0 bridgehead atoms. The molecule has 3 aromatic carbocycles. The van der Waals surface area contributed by atoms with Crippen molar-refractivity contribution >= 4 is 42.9 Å². The highest BCUT2D eigenvalue weighted by Gasteiger charge is 2.17. The minimum Gasteiger partial charge on any atom is -0.493 e. The Bertz CT molecular complexity index is 1120. The van der Waals surface area contributed by atoms with Crippen LogP contribution >= 0.6 is 22.6 Å². The van der Waals surface area contributed by atoms with Crippen LogP contribution in [0.15, 0.2) is 72.8 Å². The molecule has 0 spiro atoms. The van der Waals surface area contributed by atoms with Crippen LogP contribution in [0.3, 0.4) is 0 Å². The van der Waals surface area contributed by atoms with Crippen LogP contribution in [0.4, 0.5) is 0 Å². The molecule has 0 unspecified atom stereocenters. The van der Waals surface area contributed by atoms with Crippen molar-refractivity contribution in [3.05, 3.63) is 83.9 Å². The molecule has 0 aliphatic carbocycles. The fraction of sp³-hybridized carbons (Fsp3) is 0.0909. The van der Waals surface area contributed by atoms with Crippen molar-refractivity contribution in [1.82, 2.24) is 15.0 Å². The molecule has 0 aliphatic heterocycles. The van der Waals surface area contributed by atoms with Crippen LogP contribution in [0.25, 0.3) is 20.3 Å². The van der Waals surface area contributed by atoms with Crippen LogP contribution in [0.1, 0.15) is 11.1 Å². The zero-order chi connectivity index (χ0) is 19.5. The van der Waals surface area contributed by atoms with E-state index in [4.69, 9.17) is 19.7 Å². The number of aromatic nitrogens is 3. The second-order valence-electron chi connectivity index (χ2n) is 6.08. The molecule has 0 amide bonds. The Morgan fingerprint density at radius 1 is 0.750 bits per heavy atom. The standard InChI is InChI=1S/C22H18IN3O2/c1-27-19-13-12-16(14-20(19)28-2)22(21(23)15-8-4-3-5-9-15)26-24-17-10-6-7-11-18(17)25-26/h3-14H,1-2H3/b22-21+. The van der Waals surface area contributed by atoms with Gasteiger partial charge in [-0.2, -0.15) is 0 Å². The van der Waals surface area contributed by atoms with Crippen LogP contribution in [0.2, 0.25) is 0 Å². The molecule has 0 saturated heterocycles. The van der Waals surface area contributed by atoms with E-state index < -0.39 is 0 Å². The van der Waals surface area contributed by atoms with E-state index >= 15 is 0 Å². The summed E-state index contributed by atoms with van der Waals surface area (Å²) < 4.78 is 11.9. The molecule has 0 fully saturated rings. The van der Waals surface area contributed by atoms with Crippen LogP contribution in [0, 0.1) is 0 Å². The minimum atomic E-state index is 0.659. The number of benzene rings is 3. The molecular formula is C22H18IN3O2. The lowest BCUT2D eigenvalue weighted by molar-refractivity contribution is 0.355. The van der Waals surface area contributed by atoms with Crippen molar-refractivity contribution in [1.29, 1.82) is 0 Å². The summed E-state index contributed by atoms with van der Waals surface area (Å²) in [6, 6.07) is 23.9. The Labute approximate surface area is 176 Å². The quantitative estimate of drug-likeness (QED) is 0.287. The van der Waals surface area contributed by atoms with Gasteiger partial charge in [0.05, 0.1) is 14.2 Å². The molecule has 0 N–H and O–H groups in total. The van der Waals surface area contributed by atoms with E-state index in [1.54, 1.807) is 19.0 Å². The van der Waals surface area contributed by atoms with Crippen molar-refractivity contribution in [3.8, 4) is 11.5 Å². The molecule has 28 heavy (non-hydrogen) atoms. The fourth-order valence-electron chi connectivity index (χ4n) is 2.99. The Hall–Kier alpha value is -2.87. The first kappa shape index (κ1) is 18.5. The number of nitrogens with zero attached hydrogens (tertiary/aromatic N) is 3. The number of methoxy groups -OCH3 is 2. The van der Waals surface area contributed by atoms with Crippen molar-refractivity contribution in [2.24, 2.45) is 0 Å². The van der Waals surface area contributed by atoms with Crippen LogP contribution < -0.4 is 9.47 Å². The van der Waals surface area contributed by atoms with Gasteiger partial charge in [-0.25, -0.2) is 0 Å². The highest BCUT2D eigenvalue weighted by atomic mass is 127. The van der Waals surface area contributed by atoms with Gasteiger partial charge in [0.1, 0.15) is 16.7 Å². The first-order valence-corrected chi connectivity index (χ1v) is 9.79. The predicted molar refractivity (Wildman–Crippen MR) is 120 cm³/mol. The van der Waals surface area contributed by atoms with Gasteiger partial charge in [-0.05, 0) is 58.5 Å². The van der Waals surface area contributed by atoms with E-state index in [9.17, 15) is 0 Å². The molecule has 6 heteroatoms. The van der Waals surface area contributed by atoms with Crippen LogP contribution in [-0.4, -0.2) is 29.2 Å². The van der Waals surface area contributed by atoms with Gasteiger partial charge >= 0.3 is 0 Å². The summed E-state index contributed by atoms with van der Waals surface area (Å²) in [6.45, 7) is 0. The van der Waals surface area contributed by atoms with E-state index in [-0.39, 0.29) is 0 Å². The second-order valence-corrected chi connectivity index (χ2v) is 7.16. The van der Waals surface area contributed by atoms with Gasteiger partial charge in [-0.15, -0.1) is 15.0 Å². The largest absolute Gasteiger partial charge is 0.493 e. The lowest BCUT2D eigenvalue weighted by atomic mass is 10.1. The number of hydrogen-bond acceptors (Lipinski definition) is 4. The molecule has 5 nitrogen and oxygen atoms in total. The third-order valence-electron chi connectivity index (χ3n) is 4.38. The van der Waals surface area contributed by atoms with E-state index in [1.807, 2.05) is 60.7 Å². The number of halogens is 1. The summed E-state index contributed by atoms with van der Waals surface area (Å²) in [4.78, 5) is 1.70. The van der Waals surface area contributed by atoms with Crippen molar-refractivity contribution in [2.75, 3.05) is 14.2 Å². The van der Waals surface area contributed by atoms with Gasteiger partial charge in [-0.3, -0.25) is 0 Å². The summed E-state index contributed by atoms with van der Waals surface area (Å²) in [5, 5.41) is 9.41. The monoisotopic (exact) mass is 483 g/mol. The Morgan fingerprint density at radius 3 is 1.96 bits per heavy atom. The number of fused-ring (bicyclic) bond motifs is 1. The van der Waals surface area contributed by atoms with Gasteiger partial charge < -0.3 is 9.47 Å². The van der Waals surface area contributed by atoms with Crippen LogP contribution in [-0.2, 0) is 0 Å². The smallest absolute Gasteiger partial charge is 0.161 e. The van der Waals surface area contributed by atoms with Gasteiger partial charge in [0, 0.05) is 9.14 Å². The highest BCUT2D eigenvalue weighted by Crippen LogP contribution is 2.36. The zero-order valence-corrected chi connectivity index (χ0v) is 17.6. The first-order valence-electron chi connectivity index (χ1n) is 8.71. The summed E-state index contributed by atoms with van der Waals surface area (Å²) in [5.74, 6) is 1.34. The lowest BCUT2D eigenvalue weighted by Gasteiger charge is -2.14. The maximum Gasteiger partial charge on any atom is 0.161 e. The van der Waals surface area contributed by atoms with Gasteiger partial charge in [0.2, 0.25) is 0 Å². The molecule has 0 radical (unpaired) electrons. The third kappa shape index (κ3) is 3.47. The van der Waals surface area contributed by atoms with Gasteiger partial charge in [-0.1, -0.05) is 42.5 Å². The van der Waals surface area contributed by atoms with E-state index in [1.165, 1.54) is 0 Å². The average molecular weight is 483 g/mol. The second kappa shape index (κ2) is 8.02. The third-order valence-corrected chi connectivity index (χ3v) is 5.51.